The molecule has 22 heavy (non-hydrogen) atoms. The van der Waals surface area contributed by atoms with Crippen LogP contribution >= 0.6 is 0 Å². The van der Waals surface area contributed by atoms with Gasteiger partial charge in [0.2, 0.25) is 0 Å². The van der Waals surface area contributed by atoms with Gasteiger partial charge in [0.15, 0.2) is 0 Å². The first-order chi connectivity index (χ1) is 10.1. The molecule has 0 aliphatic rings. The summed E-state index contributed by atoms with van der Waals surface area (Å²) < 4.78 is 7.58. The van der Waals surface area contributed by atoms with Gasteiger partial charge >= 0.3 is 0 Å². The summed E-state index contributed by atoms with van der Waals surface area (Å²) in [5.74, 6) is 0. The van der Waals surface area contributed by atoms with Gasteiger partial charge in [0.1, 0.15) is 5.72 Å². The summed E-state index contributed by atoms with van der Waals surface area (Å²) in [6.07, 6.45) is 4.58. The number of aromatic nitrogens is 3. The number of rotatable bonds is 10. The second-order valence-corrected chi connectivity index (χ2v) is 7.45. The van der Waals surface area contributed by atoms with Crippen molar-refractivity contribution in [1.82, 2.24) is 20.3 Å². The minimum absolute atomic E-state index is 0.00355. The smallest absolute Gasteiger partial charge is 0.114 e. The summed E-state index contributed by atoms with van der Waals surface area (Å²) in [5.41, 5.74) is 6.64. The number of nitrogens with zero attached hydrogens (tertiary/aromatic N) is 3. The van der Waals surface area contributed by atoms with E-state index in [9.17, 15) is 0 Å². The van der Waals surface area contributed by atoms with E-state index in [-0.39, 0.29) is 5.41 Å². The van der Waals surface area contributed by atoms with E-state index in [1.54, 1.807) is 0 Å². The van der Waals surface area contributed by atoms with Crippen LogP contribution in [-0.2, 0) is 17.8 Å². The maximum Gasteiger partial charge on any atom is 0.114 e. The molecule has 128 valence electrons. The lowest BCUT2D eigenvalue weighted by Gasteiger charge is -2.34. The second kappa shape index (κ2) is 8.04. The molecule has 0 bridgehead atoms. The van der Waals surface area contributed by atoms with Crippen LogP contribution < -0.4 is 11.1 Å². The Labute approximate surface area is 134 Å². The lowest BCUT2D eigenvalue weighted by Crippen LogP contribution is -2.44. The van der Waals surface area contributed by atoms with E-state index < -0.39 is 5.72 Å². The molecule has 0 radical (unpaired) electrons. The Morgan fingerprint density at radius 3 is 2.64 bits per heavy atom. The first-order valence-corrected chi connectivity index (χ1v) is 8.19. The maximum atomic E-state index is 6.26. The molecule has 0 aliphatic heterocycles. The van der Waals surface area contributed by atoms with E-state index in [1.807, 2.05) is 17.8 Å². The minimum atomic E-state index is -0.602. The van der Waals surface area contributed by atoms with Crippen molar-refractivity contribution in [1.29, 1.82) is 0 Å². The molecule has 0 aliphatic carbocycles. The van der Waals surface area contributed by atoms with Gasteiger partial charge in [-0.15, -0.1) is 5.10 Å². The van der Waals surface area contributed by atoms with Crippen molar-refractivity contribution in [3.8, 4) is 0 Å². The molecule has 1 aromatic rings. The Hall–Kier alpha value is -0.980. The van der Waals surface area contributed by atoms with Crippen LogP contribution in [0.1, 0.15) is 60.1 Å². The Balaban J connectivity index is 2.56. The molecule has 0 aromatic carbocycles. The summed E-state index contributed by atoms with van der Waals surface area (Å²) >= 11 is 0. The molecule has 1 unspecified atom stereocenters. The third kappa shape index (κ3) is 7.33. The highest BCUT2D eigenvalue weighted by Gasteiger charge is 2.30. The Morgan fingerprint density at radius 1 is 1.36 bits per heavy atom. The number of hydrogen-bond acceptors (Lipinski definition) is 5. The Morgan fingerprint density at radius 2 is 2.05 bits per heavy atom. The zero-order chi connectivity index (χ0) is 16.8. The average molecular weight is 311 g/mol. The topological polar surface area (TPSA) is 78.0 Å². The molecule has 0 amide bonds. The lowest BCUT2D eigenvalue weighted by molar-refractivity contribution is -0.0548. The van der Waals surface area contributed by atoms with Crippen LogP contribution in [0.5, 0.6) is 0 Å². The van der Waals surface area contributed by atoms with Crippen molar-refractivity contribution in [2.45, 2.75) is 79.2 Å². The van der Waals surface area contributed by atoms with Gasteiger partial charge in [0.25, 0.3) is 0 Å². The summed E-state index contributed by atoms with van der Waals surface area (Å²) in [6.45, 7) is 14.0. The molecule has 1 atom stereocenters. The predicted molar refractivity (Wildman–Crippen MR) is 89.2 cm³/mol. The monoisotopic (exact) mass is 311 g/mol. The molecule has 6 heteroatoms. The van der Waals surface area contributed by atoms with Gasteiger partial charge in [-0.2, -0.15) is 0 Å². The first kappa shape index (κ1) is 19.1. The zero-order valence-corrected chi connectivity index (χ0v) is 15.0. The van der Waals surface area contributed by atoms with E-state index in [1.165, 1.54) is 0 Å². The standard InChI is InChI=1S/C16H33N5O/c1-7-8-22-16(6,17)11-15(4,5)9-14-10-21(20-19-14)12-18-13(2)3/h10,13,18H,7-9,11-12,17H2,1-6H3. The van der Waals surface area contributed by atoms with Gasteiger partial charge < -0.3 is 10.5 Å². The van der Waals surface area contributed by atoms with Crippen LogP contribution in [0.2, 0.25) is 0 Å². The highest BCUT2D eigenvalue weighted by atomic mass is 16.5. The van der Waals surface area contributed by atoms with Crippen molar-refractivity contribution in [2.75, 3.05) is 6.61 Å². The molecule has 3 N–H and O–H groups in total. The van der Waals surface area contributed by atoms with Crippen LogP contribution in [0, 0.1) is 5.41 Å². The third-order valence-corrected chi connectivity index (χ3v) is 3.37. The minimum Gasteiger partial charge on any atom is -0.361 e. The molecule has 0 fully saturated rings. The molecule has 6 nitrogen and oxygen atoms in total. The summed E-state index contributed by atoms with van der Waals surface area (Å²) in [4.78, 5) is 0. The van der Waals surface area contributed by atoms with Crippen molar-refractivity contribution < 1.29 is 4.74 Å². The molecule has 1 rings (SSSR count). The van der Waals surface area contributed by atoms with Gasteiger partial charge in [-0.25, -0.2) is 4.68 Å². The highest BCUT2D eigenvalue weighted by Crippen LogP contribution is 2.30. The van der Waals surface area contributed by atoms with E-state index in [0.717, 1.165) is 25.0 Å². The predicted octanol–water partition coefficient (Wildman–Crippen LogP) is 2.29. The zero-order valence-electron chi connectivity index (χ0n) is 15.0. The quantitative estimate of drug-likeness (QED) is 0.648. The second-order valence-electron chi connectivity index (χ2n) is 7.45. The fraction of sp³-hybridized carbons (Fsp3) is 0.875. The molecule has 0 spiro atoms. The van der Waals surface area contributed by atoms with Crippen LogP contribution in [0.15, 0.2) is 6.20 Å². The van der Waals surface area contributed by atoms with Crippen LogP contribution in [-0.4, -0.2) is 33.4 Å². The largest absolute Gasteiger partial charge is 0.361 e. The van der Waals surface area contributed by atoms with E-state index in [0.29, 0.717) is 19.3 Å². The van der Waals surface area contributed by atoms with Gasteiger partial charge in [-0.3, -0.25) is 5.32 Å². The molecule has 1 heterocycles. The average Bonchev–Trinajstić information content (AvgIpc) is 2.79. The van der Waals surface area contributed by atoms with Crippen LogP contribution in [0.25, 0.3) is 0 Å². The molecule has 1 aromatic heterocycles. The lowest BCUT2D eigenvalue weighted by atomic mass is 9.81. The third-order valence-electron chi connectivity index (χ3n) is 3.37. The van der Waals surface area contributed by atoms with Crippen molar-refractivity contribution in [3.63, 3.8) is 0 Å². The maximum absolute atomic E-state index is 6.26. The summed E-state index contributed by atoms with van der Waals surface area (Å²) in [7, 11) is 0. The van der Waals surface area contributed by atoms with Gasteiger partial charge in [0, 0.05) is 18.8 Å². The molecular weight excluding hydrogens is 278 g/mol. The Bertz CT molecular complexity index is 439. The van der Waals surface area contributed by atoms with Crippen molar-refractivity contribution in [3.05, 3.63) is 11.9 Å². The van der Waals surface area contributed by atoms with Crippen LogP contribution in [0.3, 0.4) is 0 Å². The number of hydrogen-bond donors (Lipinski definition) is 2. The summed E-state index contributed by atoms with van der Waals surface area (Å²) in [5, 5.41) is 11.7. The fourth-order valence-corrected chi connectivity index (χ4v) is 2.66. The van der Waals surface area contributed by atoms with Crippen molar-refractivity contribution in [2.24, 2.45) is 11.1 Å². The first-order valence-electron chi connectivity index (χ1n) is 8.19. The molecular formula is C16H33N5O. The number of nitrogens with two attached hydrogens (primary N) is 1. The van der Waals surface area contributed by atoms with Gasteiger partial charge in [-0.1, -0.05) is 26.0 Å². The number of nitrogens with one attached hydrogen (secondary N) is 1. The SMILES string of the molecule is CCCOC(C)(N)CC(C)(C)Cc1cn(CNC(C)C)nn1. The van der Waals surface area contributed by atoms with E-state index in [2.05, 4.69) is 50.2 Å². The number of ether oxygens (including phenoxy) is 1. The highest BCUT2D eigenvalue weighted by molar-refractivity contribution is 4.98. The Kier molecular flexibility index (Phi) is 6.97. The van der Waals surface area contributed by atoms with Crippen LogP contribution in [0.4, 0.5) is 0 Å². The normalized spacial score (nSPS) is 15.3. The molecule has 0 saturated carbocycles. The summed E-state index contributed by atoms with van der Waals surface area (Å²) in [6, 6.07) is 0.428. The molecule has 0 saturated heterocycles. The van der Waals surface area contributed by atoms with E-state index >= 15 is 0 Å². The fourth-order valence-electron chi connectivity index (χ4n) is 2.66. The van der Waals surface area contributed by atoms with Crippen molar-refractivity contribution >= 4 is 0 Å². The van der Waals surface area contributed by atoms with Gasteiger partial charge in [0.05, 0.1) is 12.4 Å². The van der Waals surface area contributed by atoms with E-state index in [4.69, 9.17) is 10.5 Å². The van der Waals surface area contributed by atoms with Gasteiger partial charge in [-0.05, 0) is 45.4 Å².